The lowest BCUT2D eigenvalue weighted by Gasteiger charge is -2.31. The number of ether oxygens (including phenoxy) is 1. The molecule has 0 saturated heterocycles. The molecule has 0 aliphatic carbocycles. The SMILES string of the molecule is CCC(C(=O)Nc1cccc(C(C)=O)c1)N(c1cc([N+](=O)[O-])ccc1OC)S(C)(=O)=O. The fraction of sp³-hybridized carbons (Fsp3) is 0.300. The molecule has 31 heavy (non-hydrogen) atoms. The zero-order chi connectivity index (χ0) is 23.3. The molecule has 0 aromatic heterocycles. The van der Waals surface area contributed by atoms with Crippen LogP contribution in [0, 0.1) is 10.1 Å². The first-order valence-electron chi connectivity index (χ1n) is 9.23. The first-order chi connectivity index (χ1) is 14.5. The number of amides is 1. The molecule has 0 bridgehead atoms. The summed E-state index contributed by atoms with van der Waals surface area (Å²) in [6.07, 6.45) is 0.967. The van der Waals surface area contributed by atoms with Crippen molar-refractivity contribution in [2.45, 2.75) is 26.3 Å². The quantitative estimate of drug-likeness (QED) is 0.353. The summed E-state index contributed by atoms with van der Waals surface area (Å²) in [5, 5.41) is 13.8. The predicted molar refractivity (Wildman–Crippen MR) is 116 cm³/mol. The Labute approximate surface area is 180 Å². The number of carbonyl (C=O) groups excluding carboxylic acids is 2. The number of nitro benzene ring substituents is 1. The number of anilines is 2. The van der Waals surface area contributed by atoms with E-state index in [9.17, 15) is 28.1 Å². The molecule has 1 N–H and O–H groups in total. The van der Waals surface area contributed by atoms with Gasteiger partial charge in [0.1, 0.15) is 17.5 Å². The molecule has 0 aliphatic rings. The van der Waals surface area contributed by atoms with E-state index in [1.807, 2.05) is 0 Å². The molecule has 0 heterocycles. The molecule has 0 radical (unpaired) electrons. The average molecular weight is 449 g/mol. The van der Waals surface area contributed by atoms with Gasteiger partial charge < -0.3 is 10.1 Å². The van der Waals surface area contributed by atoms with Crippen molar-refractivity contribution in [2.75, 3.05) is 23.0 Å². The van der Waals surface area contributed by atoms with E-state index in [0.717, 1.165) is 16.6 Å². The van der Waals surface area contributed by atoms with Crippen LogP contribution in [-0.4, -0.2) is 44.4 Å². The molecular formula is C20H23N3O7S. The van der Waals surface area contributed by atoms with E-state index >= 15 is 0 Å². The molecule has 10 nitrogen and oxygen atoms in total. The summed E-state index contributed by atoms with van der Waals surface area (Å²) >= 11 is 0. The Bertz CT molecular complexity index is 1120. The van der Waals surface area contributed by atoms with Gasteiger partial charge in [0.05, 0.1) is 18.3 Å². The van der Waals surface area contributed by atoms with Gasteiger partial charge in [0, 0.05) is 23.4 Å². The van der Waals surface area contributed by atoms with Crippen molar-refractivity contribution in [3.63, 3.8) is 0 Å². The first-order valence-corrected chi connectivity index (χ1v) is 11.1. The molecule has 0 spiro atoms. The Hall–Kier alpha value is -3.47. The third kappa shape index (κ3) is 5.57. The van der Waals surface area contributed by atoms with Gasteiger partial charge >= 0.3 is 0 Å². The Kier molecular flexibility index (Phi) is 7.34. The van der Waals surface area contributed by atoms with Crippen LogP contribution in [0.5, 0.6) is 5.75 Å². The van der Waals surface area contributed by atoms with Crippen LogP contribution in [0.3, 0.4) is 0 Å². The van der Waals surface area contributed by atoms with Crippen molar-refractivity contribution in [3.05, 3.63) is 58.1 Å². The molecule has 1 amide bonds. The second-order valence-corrected chi connectivity index (χ2v) is 8.58. The van der Waals surface area contributed by atoms with Crippen LogP contribution >= 0.6 is 0 Å². The van der Waals surface area contributed by atoms with E-state index in [4.69, 9.17) is 4.74 Å². The standard InChI is InChI=1S/C20H23N3O7S/c1-5-17(20(25)21-15-8-6-7-14(11-15)13(2)24)22(31(4,28)29)18-12-16(23(26)27)9-10-19(18)30-3/h6-12,17H,5H2,1-4H3,(H,21,25). The smallest absolute Gasteiger partial charge is 0.271 e. The van der Waals surface area contributed by atoms with E-state index in [1.165, 1.54) is 32.2 Å². The monoisotopic (exact) mass is 449 g/mol. The highest BCUT2D eigenvalue weighted by Gasteiger charge is 2.34. The van der Waals surface area contributed by atoms with Crippen molar-refractivity contribution in [2.24, 2.45) is 0 Å². The summed E-state index contributed by atoms with van der Waals surface area (Å²) in [6, 6.07) is 8.49. The molecule has 1 unspecified atom stereocenters. The Morgan fingerprint density at radius 2 is 1.90 bits per heavy atom. The molecule has 0 aliphatic heterocycles. The Morgan fingerprint density at radius 3 is 2.42 bits per heavy atom. The summed E-state index contributed by atoms with van der Waals surface area (Å²) in [5.74, 6) is -0.801. The predicted octanol–water partition coefficient (Wildman–Crippen LogP) is 2.99. The van der Waals surface area contributed by atoms with Gasteiger partial charge in [0.25, 0.3) is 5.69 Å². The molecule has 2 rings (SSSR count). The van der Waals surface area contributed by atoms with Gasteiger partial charge in [-0.05, 0) is 31.5 Å². The number of nitrogens with one attached hydrogen (secondary N) is 1. The average Bonchev–Trinajstić information content (AvgIpc) is 2.70. The van der Waals surface area contributed by atoms with E-state index in [1.54, 1.807) is 25.1 Å². The lowest BCUT2D eigenvalue weighted by atomic mass is 10.1. The molecular weight excluding hydrogens is 426 g/mol. The van der Waals surface area contributed by atoms with Crippen LogP contribution in [0.4, 0.5) is 17.1 Å². The number of rotatable bonds is 9. The van der Waals surface area contributed by atoms with Crippen molar-refractivity contribution in [1.29, 1.82) is 0 Å². The van der Waals surface area contributed by atoms with E-state index in [2.05, 4.69) is 5.32 Å². The number of nitro groups is 1. The maximum absolute atomic E-state index is 13.0. The fourth-order valence-electron chi connectivity index (χ4n) is 3.04. The number of benzene rings is 2. The van der Waals surface area contributed by atoms with Crippen molar-refractivity contribution in [1.82, 2.24) is 0 Å². The molecule has 2 aromatic carbocycles. The summed E-state index contributed by atoms with van der Waals surface area (Å²) < 4.78 is 31.3. The Balaban J connectivity index is 2.53. The molecule has 0 saturated carbocycles. The highest BCUT2D eigenvalue weighted by molar-refractivity contribution is 7.92. The number of nitrogens with zero attached hydrogens (tertiary/aromatic N) is 2. The molecule has 11 heteroatoms. The summed E-state index contributed by atoms with van der Waals surface area (Å²) in [4.78, 5) is 35.2. The first kappa shape index (κ1) is 23.8. The minimum Gasteiger partial charge on any atom is -0.495 e. The number of ketones is 1. The molecule has 2 aromatic rings. The summed E-state index contributed by atoms with van der Waals surface area (Å²) in [7, 11) is -2.76. The van der Waals surface area contributed by atoms with Crippen LogP contribution in [0.15, 0.2) is 42.5 Å². The normalized spacial score (nSPS) is 12.0. The van der Waals surface area contributed by atoms with Crippen molar-refractivity contribution < 1.29 is 27.7 Å². The van der Waals surface area contributed by atoms with Gasteiger partial charge in [-0.2, -0.15) is 0 Å². The molecule has 1 atom stereocenters. The fourth-order valence-corrected chi connectivity index (χ4v) is 4.25. The minimum absolute atomic E-state index is 0.0563. The van der Waals surface area contributed by atoms with Gasteiger partial charge in [0.15, 0.2) is 5.78 Å². The number of non-ortho nitro benzene ring substituents is 1. The summed E-state index contributed by atoms with van der Waals surface area (Å²) in [6.45, 7) is 2.99. The Morgan fingerprint density at radius 1 is 1.23 bits per heavy atom. The van der Waals surface area contributed by atoms with Gasteiger partial charge in [-0.15, -0.1) is 0 Å². The van der Waals surface area contributed by atoms with Crippen LogP contribution in [0.25, 0.3) is 0 Å². The van der Waals surface area contributed by atoms with Crippen LogP contribution in [-0.2, 0) is 14.8 Å². The minimum atomic E-state index is -4.05. The lowest BCUT2D eigenvalue weighted by Crippen LogP contribution is -2.47. The van der Waals surface area contributed by atoms with E-state index in [-0.39, 0.29) is 29.3 Å². The number of carbonyl (C=O) groups is 2. The van der Waals surface area contributed by atoms with E-state index < -0.39 is 26.9 Å². The zero-order valence-corrected chi connectivity index (χ0v) is 18.3. The van der Waals surface area contributed by atoms with Gasteiger partial charge in [-0.1, -0.05) is 19.1 Å². The van der Waals surface area contributed by atoms with Crippen molar-refractivity contribution >= 4 is 38.8 Å². The van der Waals surface area contributed by atoms with Gasteiger partial charge in [-0.25, -0.2) is 8.42 Å². The highest BCUT2D eigenvalue weighted by Crippen LogP contribution is 2.35. The van der Waals surface area contributed by atoms with E-state index in [0.29, 0.717) is 11.3 Å². The number of hydrogen-bond donors (Lipinski definition) is 1. The number of hydrogen-bond acceptors (Lipinski definition) is 7. The van der Waals surface area contributed by atoms with Crippen LogP contribution in [0.2, 0.25) is 0 Å². The third-order valence-electron chi connectivity index (χ3n) is 4.48. The largest absolute Gasteiger partial charge is 0.495 e. The highest BCUT2D eigenvalue weighted by atomic mass is 32.2. The second kappa shape index (κ2) is 9.56. The summed E-state index contributed by atoms with van der Waals surface area (Å²) in [5.41, 5.74) is 0.217. The lowest BCUT2D eigenvalue weighted by molar-refractivity contribution is -0.384. The number of Topliss-reactive ketones (excluding diaryl/α,β-unsaturated/α-hetero) is 1. The van der Waals surface area contributed by atoms with Crippen LogP contribution < -0.4 is 14.4 Å². The second-order valence-electron chi connectivity index (χ2n) is 6.72. The van der Waals surface area contributed by atoms with Gasteiger partial charge in [-0.3, -0.25) is 24.0 Å². The maximum Gasteiger partial charge on any atom is 0.271 e. The van der Waals surface area contributed by atoms with Crippen molar-refractivity contribution in [3.8, 4) is 5.75 Å². The van der Waals surface area contributed by atoms with Crippen LogP contribution in [0.1, 0.15) is 30.6 Å². The molecule has 166 valence electrons. The topological polar surface area (TPSA) is 136 Å². The molecule has 0 fully saturated rings. The van der Waals surface area contributed by atoms with Gasteiger partial charge in [0.2, 0.25) is 15.9 Å². The number of sulfonamides is 1. The third-order valence-corrected chi connectivity index (χ3v) is 5.64. The zero-order valence-electron chi connectivity index (χ0n) is 17.5. The maximum atomic E-state index is 13.0. The number of methoxy groups -OCH3 is 1.